The standard InChI is InChI=1S/C17H34N2O/c1-15(16-6-7-16)19(12-13-20-2)11-10-17(14-18)8-4-3-5-9-17/h15-16H,3-14,18H2,1-2H3. The van der Waals surface area contributed by atoms with Gasteiger partial charge in [-0.2, -0.15) is 0 Å². The van der Waals surface area contributed by atoms with Crippen LogP contribution in [0.2, 0.25) is 0 Å². The van der Waals surface area contributed by atoms with Crippen LogP contribution in [0, 0.1) is 11.3 Å². The predicted molar refractivity (Wildman–Crippen MR) is 84.8 cm³/mol. The summed E-state index contributed by atoms with van der Waals surface area (Å²) in [5.74, 6) is 0.937. The van der Waals surface area contributed by atoms with Crippen LogP contribution in [-0.2, 0) is 4.74 Å². The molecule has 118 valence electrons. The summed E-state index contributed by atoms with van der Waals surface area (Å²) >= 11 is 0. The van der Waals surface area contributed by atoms with Gasteiger partial charge in [0.2, 0.25) is 0 Å². The van der Waals surface area contributed by atoms with Gasteiger partial charge >= 0.3 is 0 Å². The summed E-state index contributed by atoms with van der Waals surface area (Å²) in [4.78, 5) is 2.66. The highest BCUT2D eigenvalue weighted by atomic mass is 16.5. The zero-order valence-corrected chi connectivity index (χ0v) is 13.6. The summed E-state index contributed by atoms with van der Waals surface area (Å²) in [6, 6.07) is 0.726. The number of nitrogens with zero attached hydrogens (tertiary/aromatic N) is 1. The van der Waals surface area contributed by atoms with Crippen molar-refractivity contribution in [2.24, 2.45) is 17.1 Å². The fourth-order valence-corrected chi connectivity index (χ4v) is 3.84. The molecule has 2 fully saturated rings. The van der Waals surface area contributed by atoms with E-state index in [1.54, 1.807) is 0 Å². The molecule has 2 aliphatic rings. The van der Waals surface area contributed by atoms with Crippen molar-refractivity contribution in [3.8, 4) is 0 Å². The minimum absolute atomic E-state index is 0.437. The molecule has 20 heavy (non-hydrogen) atoms. The minimum Gasteiger partial charge on any atom is -0.383 e. The lowest BCUT2D eigenvalue weighted by Crippen LogP contribution is -2.42. The van der Waals surface area contributed by atoms with Gasteiger partial charge in [-0.05, 0) is 63.5 Å². The van der Waals surface area contributed by atoms with Crippen molar-refractivity contribution in [1.29, 1.82) is 0 Å². The summed E-state index contributed by atoms with van der Waals surface area (Å²) in [5.41, 5.74) is 6.57. The maximum absolute atomic E-state index is 6.13. The Hall–Kier alpha value is -0.120. The zero-order chi connectivity index (χ0) is 14.4. The number of nitrogens with two attached hydrogens (primary N) is 1. The highest BCUT2D eigenvalue weighted by molar-refractivity contribution is 4.88. The lowest BCUT2D eigenvalue weighted by Gasteiger charge is -2.39. The van der Waals surface area contributed by atoms with Gasteiger partial charge in [0, 0.05) is 19.7 Å². The normalized spacial score (nSPS) is 24.0. The molecule has 0 aromatic rings. The molecule has 0 bridgehead atoms. The van der Waals surface area contributed by atoms with Gasteiger partial charge in [0.1, 0.15) is 0 Å². The Morgan fingerprint density at radius 3 is 2.45 bits per heavy atom. The summed E-state index contributed by atoms with van der Waals surface area (Å²) < 4.78 is 5.30. The molecule has 0 heterocycles. The van der Waals surface area contributed by atoms with Crippen LogP contribution in [0.5, 0.6) is 0 Å². The summed E-state index contributed by atoms with van der Waals surface area (Å²) in [6.07, 6.45) is 11.0. The van der Waals surface area contributed by atoms with E-state index in [2.05, 4.69) is 11.8 Å². The first kappa shape index (κ1) is 16.3. The molecular weight excluding hydrogens is 248 g/mol. The first-order valence-electron chi connectivity index (χ1n) is 8.64. The number of methoxy groups -OCH3 is 1. The molecule has 0 aromatic carbocycles. The molecule has 3 heteroatoms. The highest BCUT2D eigenvalue weighted by Crippen LogP contribution is 2.40. The quantitative estimate of drug-likeness (QED) is 0.706. The van der Waals surface area contributed by atoms with E-state index in [1.165, 1.54) is 57.9 Å². The molecule has 0 radical (unpaired) electrons. The van der Waals surface area contributed by atoms with E-state index in [0.717, 1.165) is 31.7 Å². The minimum atomic E-state index is 0.437. The van der Waals surface area contributed by atoms with Crippen LogP contribution < -0.4 is 5.73 Å². The lowest BCUT2D eigenvalue weighted by molar-refractivity contribution is 0.0896. The van der Waals surface area contributed by atoms with Gasteiger partial charge in [0.15, 0.2) is 0 Å². The van der Waals surface area contributed by atoms with E-state index in [4.69, 9.17) is 10.5 Å². The maximum atomic E-state index is 6.13. The van der Waals surface area contributed by atoms with Gasteiger partial charge in [0.25, 0.3) is 0 Å². The summed E-state index contributed by atoms with van der Waals surface area (Å²) in [6.45, 7) is 6.42. The molecule has 0 amide bonds. The van der Waals surface area contributed by atoms with E-state index >= 15 is 0 Å². The third-order valence-corrected chi connectivity index (χ3v) is 5.74. The third-order valence-electron chi connectivity index (χ3n) is 5.74. The van der Waals surface area contributed by atoms with E-state index in [9.17, 15) is 0 Å². The van der Waals surface area contributed by atoms with Crippen molar-refractivity contribution in [3.05, 3.63) is 0 Å². The Balaban J connectivity index is 1.85. The Morgan fingerprint density at radius 1 is 1.20 bits per heavy atom. The Morgan fingerprint density at radius 2 is 1.90 bits per heavy atom. The van der Waals surface area contributed by atoms with Crippen LogP contribution in [0.25, 0.3) is 0 Å². The van der Waals surface area contributed by atoms with Gasteiger partial charge in [-0.15, -0.1) is 0 Å². The van der Waals surface area contributed by atoms with Gasteiger partial charge in [-0.1, -0.05) is 19.3 Å². The fraction of sp³-hybridized carbons (Fsp3) is 1.00. The average Bonchev–Trinajstić information content (AvgIpc) is 3.32. The molecule has 2 N–H and O–H groups in total. The third kappa shape index (κ3) is 4.44. The topological polar surface area (TPSA) is 38.5 Å². The second-order valence-corrected chi connectivity index (χ2v) is 7.12. The SMILES string of the molecule is COCCN(CCC1(CN)CCCCC1)C(C)C1CC1. The van der Waals surface area contributed by atoms with E-state index in [-0.39, 0.29) is 0 Å². The molecule has 0 aliphatic heterocycles. The largest absolute Gasteiger partial charge is 0.383 e. The van der Waals surface area contributed by atoms with Crippen LogP contribution in [0.15, 0.2) is 0 Å². The van der Waals surface area contributed by atoms with Crippen LogP contribution in [0.4, 0.5) is 0 Å². The van der Waals surface area contributed by atoms with Crippen LogP contribution in [-0.4, -0.2) is 44.3 Å². The first-order chi connectivity index (χ1) is 9.71. The molecule has 2 aliphatic carbocycles. The average molecular weight is 282 g/mol. The summed E-state index contributed by atoms with van der Waals surface area (Å²) in [7, 11) is 1.81. The van der Waals surface area contributed by atoms with Crippen molar-refractivity contribution in [2.45, 2.75) is 64.3 Å². The maximum Gasteiger partial charge on any atom is 0.0589 e. The van der Waals surface area contributed by atoms with Crippen molar-refractivity contribution < 1.29 is 4.74 Å². The molecule has 2 rings (SSSR count). The number of hydrogen-bond donors (Lipinski definition) is 1. The Bertz CT molecular complexity index is 272. The first-order valence-corrected chi connectivity index (χ1v) is 8.64. The van der Waals surface area contributed by atoms with Crippen molar-refractivity contribution in [3.63, 3.8) is 0 Å². The van der Waals surface area contributed by atoms with E-state index < -0.39 is 0 Å². The second-order valence-electron chi connectivity index (χ2n) is 7.12. The van der Waals surface area contributed by atoms with Crippen LogP contribution >= 0.6 is 0 Å². The van der Waals surface area contributed by atoms with Crippen LogP contribution in [0.1, 0.15) is 58.3 Å². The molecule has 0 aromatic heterocycles. The second kappa shape index (κ2) is 7.77. The monoisotopic (exact) mass is 282 g/mol. The predicted octanol–water partition coefficient (Wildman–Crippen LogP) is 3.03. The van der Waals surface area contributed by atoms with Gasteiger partial charge < -0.3 is 10.5 Å². The fourth-order valence-electron chi connectivity index (χ4n) is 3.84. The number of rotatable bonds is 9. The van der Waals surface area contributed by atoms with Gasteiger partial charge in [0.05, 0.1) is 6.61 Å². The highest BCUT2D eigenvalue weighted by Gasteiger charge is 2.34. The van der Waals surface area contributed by atoms with Crippen molar-refractivity contribution >= 4 is 0 Å². The van der Waals surface area contributed by atoms with Crippen LogP contribution in [0.3, 0.4) is 0 Å². The molecule has 0 spiro atoms. The zero-order valence-electron chi connectivity index (χ0n) is 13.6. The molecule has 1 unspecified atom stereocenters. The lowest BCUT2D eigenvalue weighted by atomic mass is 9.72. The van der Waals surface area contributed by atoms with Crippen molar-refractivity contribution in [2.75, 3.05) is 33.4 Å². The van der Waals surface area contributed by atoms with E-state index in [1.807, 2.05) is 7.11 Å². The molecule has 3 nitrogen and oxygen atoms in total. The smallest absolute Gasteiger partial charge is 0.0589 e. The molecule has 0 saturated heterocycles. The van der Waals surface area contributed by atoms with E-state index in [0.29, 0.717) is 5.41 Å². The van der Waals surface area contributed by atoms with Gasteiger partial charge in [-0.25, -0.2) is 0 Å². The number of hydrogen-bond acceptors (Lipinski definition) is 3. The van der Waals surface area contributed by atoms with Crippen molar-refractivity contribution in [1.82, 2.24) is 4.90 Å². The summed E-state index contributed by atoms with van der Waals surface area (Å²) in [5, 5.41) is 0. The Kier molecular flexibility index (Phi) is 6.31. The Labute approximate surface area is 125 Å². The molecule has 1 atom stereocenters. The molecular formula is C17H34N2O. The number of ether oxygens (including phenoxy) is 1. The molecule has 2 saturated carbocycles. The van der Waals surface area contributed by atoms with Gasteiger partial charge in [-0.3, -0.25) is 4.90 Å².